The van der Waals surface area contributed by atoms with E-state index < -0.39 is 23.8 Å². The molecule has 1 fully saturated rings. The third-order valence-electron chi connectivity index (χ3n) is 6.52. The molecule has 3 rings (SSSR count). The van der Waals surface area contributed by atoms with Gasteiger partial charge in [-0.25, -0.2) is 4.79 Å². The van der Waals surface area contributed by atoms with E-state index >= 15 is 0 Å². The minimum atomic E-state index is -1.27. The van der Waals surface area contributed by atoms with Crippen molar-refractivity contribution in [2.24, 2.45) is 5.92 Å². The molecule has 1 aliphatic rings. The number of benzene rings is 2. The number of piperidine rings is 1. The zero-order valence-corrected chi connectivity index (χ0v) is 24.4. The number of carbonyl (C=O) groups is 4. The van der Waals surface area contributed by atoms with E-state index in [1.807, 2.05) is 12.3 Å². The van der Waals surface area contributed by atoms with Crippen LogP contribution in [-0.2, 0) is 25.6 Å². The highest BCUT2D eigenvalue weighted by atomic mass is 35.5. The van der Waals surface area contributed by atoms with E-state index in [9.17, 15) is 24.3 Å². The van der Waals surface area contributed by atoms with Gasteiger partial charge < -0.3 is 25.4 Å². The van der Waals surface area contributed by atoms with E-state index in [0.29, 0.717) is 47.3 Å². The number of carboxylic acids is 1. The Bertz CT molecular complexity index is 1260. The number of rotatable bonds is 11. The summed E-state index contributed by atoms with van der Waals surface area (Å²) in [5, 5.41) is 15.4. The molecule has 0 unspecified atom stereocenters. The number of aliphatic carboxylic acids is 1. The second-order valence-electron chi connectivity index (χ2n) is 9.15. The Morgan fingerprint density at radius 1 is 1.10 bits per heavy atom. The van der Waals surface area contributed by atoms with Crippen molar-refractivity contribution in [3.63, 3.8) is 0 Å². The van der Waals surface area contributed by atoms with Crippen molar-refractivity contribution in [3.05, 3.63) is 63.6 Å². The van der Waals surface area contributed by atoms with Gasteiger partial charge in [0.05, 0.1) is 23.6 Å². The summed E-state index contributed by atoms with van der Waals surface area (Å²) in [5.74, 6) is -2.04. The molecular weight excluding hydrogens is 577 g/mol. The molecule has 214 valence electrons. The first-order chi connectivity index (χ1) is 19.1. The molecule has 1 saturated heterocycles. The molecule has 2 aromatic rings. The molecule has 40 heavy (non-hydrogen) atoms. The first-order valence-electron chi connectivity index (χ1n) is 12.5. The Hall–Kier alpha value is -3.21. The molecule has 12 heteroatoms. The Kier molecular flexibility index (Phi) is 11.7. The van der Waals surface area contributed by atoms with Crippen molar-refractivity contribution < 1.29 is 29.0 Å². The lowest BCUT2D eigenvalue weighted by Gasteiger charge is -2.31. The molecule has 0 aliphatic carbocycles. The zero-order chi connectivity index (χ0) is 29.2. The van der Waals surface area contributed by atoms with Crippen molar-refractivity contribution >= 4 is 64.7 Å². The van der Waals surface area contributed by atoms with Gasteiger partial charge in [0.25, 0.3) is 0 Å². The number of halogens is 2. The van der Waals surface area contributed by atoms with Crippen LogP contribution in [0.25, 0.3) is 6.08 Å². The minimum Gasteiger partial charge on any atom is -0.497 e. The van der Waals surface area contributed by atoms with Gasteiger partial charge in [0.2, 0.25) is 17.7 Å². The summed E-state index contributed by atoms with van der Waals surface area (Å²) in [4.78, 5) is 51.9. The Labute approximate surface area is 247 Å². The summed E-state index contributed by atoms with van der Waals surface area (Å²) in [7, 11) is 1.55. The molecule has 0 radical (unpaired) electrons. The van der Waals surface area contributed by atoms with E-state index in [0.717, 1.165) is 10.5 Å². The average Bonchev–Trinajstić information content (AvgIpc) is 2.96. The summed E-state index contributed by atoms with van der Waals surface area (Å²) in [6.07, 6.45) is 5.76. The predicted molar refractivity (Wildman–Crippen MR) is 156 cm³/mol. The lowest BCUT2D eigenvalue weighted by molar-refractivity contribution is -0.142. The third kappa shape index (κ3) is 8.64. The van der Waals surface area contributed by atoms with Crippen molar-refractivity contribution in [1.29, 1.82) is 0 Å². The Morgan fingerprint density at radius 2 is 1.77 bits per heavy atom. The SMILES string of the molecule is COc1ccc(CC(=O)NC[C@H](NC(=O)C2CCN(C(=O)/C=C/c3ccc(SC)c(Cl)c3Cl)CC2)C(=O)O)cc1. The number of likely N-dealkylation sites (tertiary alicyclic amines) is 1. The maximum Gasteiger partial charge on any atom is 0.328 e. The van der Waals surface area contributed by atoms with Crippen LogP contribution in [0.15, 0.2) is 47.4 Å². The second kappa shape index (κ2) is 15.0. The van der Waals surface area contributed by atoms with Crippen molar-refractivity contribution in [1.82, 2.24) is 15.5 Å². The fraction of sp³-hybridized carbons (Fsp3) is 0.357. The highest BCUT2D eigenvalue weighted by Gasteiger charge is 2.30. The van der Waals surface area contributed by atoms with Crippen LogP contribution in [0, 0.1) is 5.92 Å². The quantitative estimate of drug-likeness (QED) is 0.261. The lowest BCUT2D eigenvalue weighted by atomic mass is 9.95. The van der Waals surface area contributed by atoms with Gasteiger partial charge in [-0.3, -0.25) is 14.4 Å². The summed E-state index contributed by atoms with van der Waals surface area (Å²) in [6, 6.07) is 9.31. The number of hydrogen-bond acceptors (Lipinski definition) is 6. The van der Waals surface area contributed by atoms with Crippen LogP contribution in [0.3, 0.4) is 0 Å². The number of ether oxygens (including phenoxy) is 1. The van der Waals surface area contributed by atoms with Gasteiger partial charge in [0, 0.05) is 36.5 Å². The Balaban J connectivity index is 1.46. The molecule has 0 aromatic heterocycles. The molecule has 1 atom stereocenters. The monoisotopic (exact) mass is 607 g/mol. The molecule has 1 heterocycles. The van der Waals surface area contributed by atoms with Crippen molar-refractivity contribution in [2.45, 2.75) is 30.2 Å². The maximum absolute atomic E-state index is 12.8. The number of hydrogen-bond donors (Lipinski definition) is 3. The lowest BCUT2D eigenvalue weighted by Crippen LogP contribution is -2.51. The fourth-order valence-corrected chi connectivity index (χ4v) is 5.33. The molecule has 9 nitrogen and oxygen atoms in total. The van der Waals surface area contributed by atoms with Gasteiger partial charge in [-0.2, -0.15) is 0 Å². The summed E-state index contributed by atoms with van der Waals surface area (Å²) < 4.78 is 5.09. The van der Waals surface area contributed by atoms with Crippen molar-refractivity contribution in [2.75, 3.05) is 33.0 Å². The van der Waals surface area contributed by atoms with Gasteiger partial charge in [-0.15, -0.1) is 11.8 Å². The molecule has 0 spiro atoms. The molecule has 2 aromatic carbocycles. The van der Waals surface area contributed by atoms with Crippen LogP contribution in [-0.4, -0.2) is 72.7 Å². The van der Waals surface area contributed by atoms with Gasteiger partial charge in [-0.05, 0) is 54.5 Å². The number of amides is 3. The van der Waals surface area contributed by atoms with Crippen LogP contribution in [0.2, 0.25) is 10.0 Å². The third-order valence-corrected chi connectivity index (χ3v) is 8.31. The van der Waals surface area contributed by atoms with Crippen molar-refractivity contribution in [3.8, 4) is 5.75 Å². The number of nitrogens with zero attached hydrogens (tertiary/aromatic N) is 1. The number of nitrogens with one attached hydrogen (secondary N) is 2. The standard InChI is InChI=1S/C28H31Cl2N3O6S/c1-39-20-7-3-17(4-8-20)15-23(34)31-16-21(28(37)38)32-27(36)19-11-13-33(14-12-19)24(35)10-6-18-5-9-22(40-2)26(30)25(18)29/h3-10,19,21H,11-16H2,1-2H3,(H,31,34)(H,32,36)(H,37,38)/b10-6+/t21-/m0/s1. The second-order valence-corrected chi connectivity index (χ2v) is 10.8. The number of carbonyl (C=O) groups excluding carboxylic acids is 3. The van der Waals surface area contributed by atoms with E-state index in [2.05, 4.69) is 10.6 Å². The number of thioether (sulfide) groups is 1. The van der Waals surface area contributed by atoms with Crippen LogP contribution in [0.5, 0.6) is 5.75 Å². The first kappa shape index (κ1) is 31.3. The highest BCUT2D eigenvalue weighted by molar-refractivity contribution is 7.98. The molecule has 0 bridgehead atoms. The van der Waals surface area contributed by atoms with Gasteiger partial charge in [0.1, 0.15) is 11.8 Å². The summed E-state index contributed by atoms with van der Waals surface area (Å²) in [6.45, 7) is 0.442. The molecule has 3 amide bonds. The van der Waals surface area contributed by atoms with E-state index in [4.69, 9.17) is 27.9 Å². The molecule has 1 aliphatic heterocycles. The number of methoxy groups -OCH3 is 1. The van der Waals surface area contributed by atoms with Crippen LogP contribution >= 0.6 is 35.0 Å². The molecule has 3 N–H and O–H groups in total. The van der Waals surface area contributed by atoms with E-state index in [-0.39, 0.29) is 24.8 Å². The summed E-state index contributed by atoms with van der Waals surface area (Å²) >= 11 is 14.1. The van der Waals surface area contributed by atoms with E-state index in [1.54, 1.807) is 48.4 Å². The molecule has 0 saturated carbocycles. The summed E-state index contributed by atoms with van der Waals surface area (Å²) in [5.41, 5.74) is 1.37. The smallest absolute Gasteiger partial charge is 0.328 e. The first-order valence-corrected chi connectivity index (χ1v) is 14.5. The fourth-order valence-electron chi connectivity index (χ4n) is 4.16. The van der Waals surface area contributed by atoms with Gasteiger partial charge >= 0.3 is 5.97 Å². The minimum absolute atomic E-state index is 0.0631. The van der Waals surface area contributed by atoms with Crippen LogP contribution in [0.1, 0.15) is 24.0 Å². The normalized spacial score (nSPS) is 14.6. The Morgan fingerprint density at radius 3 is 2.38 bits per heavy atom. The highest BCUT2D eigenvalue weighted by Crippen LogP contribution is 2.35. The van der Waals surface area contributed by atoms with Gasteiger partial charge in [-0.1, -0.05) is 41.4 Å². The topological polar surface area (TPSA) is 125 Å². The maximum atomic E-state index is 12.8. The zero-order valence-electron chi connectivity index (χ0n) is 22.1. The van der Waals surface area contributed by atoms with E-state index in [1.165, 1.54) is 17.8 Å². The largest absolute Gasteiger partial charge is 0.497 e. The average molecular weight is 609 g/mol. The van der Waals surface area contributed by atoms with Crippen LogP contribution < -0.4 is 15.4 Å². The predicted octanol–water partition coefficient (Wildman–Crippen LogP) is 3.90. The van der Waals surface area contributed by atoms with Crippen LogP contribution in [0.4, 0.5) is 0 Å². The number of carboxylic acid groups (broad SMARTS) is 1. The molecular formula is C28H31Cl2N3O6S. The van der Waals surface area contributed by atoms with Gasteiger partial charge in [0.15, 0.2) is 0 Å².